The molecule has 6 nitrogen and oxygen atoms in total. The number of allylic oxidation sites excluding steroid dienone is 2. The molecule has 3 N–H and O–H groups in total. The van der Waals surface area contributed by atoms with Crippen molar-refractivity contribution in [2.75, 3.05) is 45.9 Å². The van der Waals surface area contributed by atoms with E-state index in [1.165, 1.54) is 11.6 Å². The predicted molar refractivity (Wildman–Crippen MR) is 163 cm³/mol. The number of piperazine rings is 1. The van der Waals surface area contributed by atoms with Gasteiger partial charge in [-0.2, -0.15) is 0 Å². The zero-order valence-corrected chi connectivity index (χ0v) is 25.5. The Kier molecular flexibility index (Phi) is 9.83. The van der Waals surface area contributed by atoms with Crippen molar-refractivity contribution in [3.8, 4) is 0 Å². The number of nitrogens with zero attached hydrogens (tertiary/aromatic N) is 2. The van der Waals surface area contributed by atoms with Crippen molar-refractivity contribution in [2.45, 2.75) is 76.4 Å². The first-order chi connectivity index (χ1) is 20.5. The van der Waals surface area contributed by atoms with Crippen LogP contribution in [0.15, 0.2) is 48.0 Å². The van der Waals surface area contributed by atoms with Crippen LogP contribution in [0, 0.1) is 17.0 Å². The van der Waals surface area contributed by atoms with Crippen LogP contribution in [-0.2, 0) is 6.42 Å². The van der Waals surface area contributed by atoms with Crippen LogP contribution >= 0.6 is 0 Å². The summed E-state index contributed by atoms with van der Waals surface area (Å²) in [6.45, 7) is 8.91. The minimum absolute atomic E-state index is 0.0771. The topological polar surface area (TPSA) is 84.2 Å². The van der Waals surface area contributed by atoms with E-state index in [4.69, 9.17) is 0 Å². The number of aliphatic hydroxyl groups excluding tert-OH is 2. The van der Waals surface area contributed by atoms with Gasteiger partial charge in [-0.25, -0.2) is 8.78 Å². The first kappa shape index (κ1) is 31.9. The Bertz CT molecular complexity index is 1340. The molecule has 1 saturated heterocycles. The van der Waals surface area contributed by atoms with Crippen LogP contribution < -0.4 is 0 Å². The van der Waals surface area contributed by atoms with Crippen LogP contribution in [0.25, 0.3) is 0 Å². The van der Waals surface area contributed by atoms with E-state index in [1.54, 1.807) is 0 Å². The number of fused-ring (bicyclic) bond motifs is 8. The quantitative estimate of drug-likeness (QED) is 0.327. The van der Waals surface area contributed by atoms with Gasteiger partial charge in [-0.05, 0) is 93.2 Å². The molecular weight excluding hydrogens is 550 g/mol. The molecular formula is C35H46F2N2O4. The van der Waals surface area contributed by atoms with Crippen molar-refractivity contribution in [1.29, 1.82) is 0 Å². The maximum absolute atomic E-state index is 14.2. The maximum atomic E-state index is 14.2. The number of ketones is 1. The second kappa shape index (κ2) is 13.2. The zero-order valence-electron chi connectivity index (χ0n) is 25.5. The molecule has 1 aliphatic heterocycles. The lowest BCUT2D eigenvalue weighted by Gasteiger charge is -2.47. The van der Waals surface area contributed by atoms with Gasteiger partial charge in [-0.15, -0.1) is 0 Å². The smallest absolute Gasteiger partial charge is 0.193 e. The van der Waals surface area contributed by atoms with Crippen LogP contribution in [0.5, 0.6) is 0 Å². The molecule has 234 valence electrons. The third kappa shape index (κ3) is 6.79. The molecule has 1 saturated carbocycles. The van der Waals surface area contributed by atoms with Crippen molar-refractivity contribution < 1.29 is 28.9 Å². The molecule has 8 heteroatoms. The summed E-state index contributed by atoms with van der Waals surface area (Å²) in [5.41, 5.74) is 1.81. The number of aliphatic hydroxyl groups is 3. The van der Waals surface area contributed by atoms with Gasteiger partial charge in [0.05, 0.1) is 18.3 Å². The molecule has 2 aromatic rings. The average molecular weight is 597 g/mol. The highest BCUT2D eigenvalue weighted by molar-refractivity contribution is 6.10. The lowest BCUT2D eigenvalue weighted by molar-refractivity contribution is -0.0888. The van der Waals surface area contributed by atoms with Gasteiger partial charge < -0.3 is 15.3 Å². The number of halogens is 2. The largest absolute Gasteiger partial charge is 0.395 e. The summed E-state index contributed by atoms with van der Waals surface area (Å²) in [6, 6.07) is 9.00. The number of rotatable bonds is 6. The molecule has 43 heavy (non-hydrogen) atoms. The van der Waals surface area contributed by atoms with Crippen LogP contribution in [0.4, 0.5) is 8.78 Å². The number of carbonyl (C=O) groups excluding carboxylic acids is 1. The number of carbonyl (C=O) groups is 1. The SMILES string of the molecule is CC1=CCCC2(C)C(CCC2(O)CN2CCN(CCO)CC2)c2ccc(cc2C(=O)c2ccc(F)c(F)c2)CC(O)CC1. The van der Waals surface area contributed by atoms with E-state index in [0.29, 0.717) is 44.3 Å². The van der Waals surface area contributed by atoms with E-state index in [-0.39, 0.29) is 23.9 Å². The number of β-amino-alcohol motifs (C(OH)–C–C–N with tert-alkyl or cyclic N) is 2. The van der Waals surface area contributed by atoms with Gasteiger partial charge in [0.25, 0.3) is 0 Å². The zero-order chi connectivity index (χ0) is 30.8. The second-order valence-corrected chi connectivity index (χ2v) is 13.2. The van der Waals surface area contributed by atoms with Gasteiger partial charge >= 0.3 is 0 Å². The fourth-order valence-electron chi connectivity index (χ4n) is 7.67. The maximum Gasteiger partial charge on any atom is 0.193 e. The normalized spacial score (nSPS) is 29.2. The van der Waals surface area contributed by atoms with Gasteiger partial charge in [0.2, 0.25) is 0 Å². The highest BCUT2D eigenvalue weighted by atomic mass is 19.2. The van der Waals surface area contributed by atoms with Crippen LogP contribution in [-0.4, -0.2) is 88.5 Å². The highest BCUT2D eigenvalue weighted by Gasteiger charge is 2.57. The van der Waals surface area contributed by atoms with Crippen LogP contribution in [0.3, 0.4) is 0 Å². The Morgan fingerprint density at radius 3 is 2.47 bits per heavy atom. The minimum atomic E-state index is -1.07. The standard InChI is InChI=1S/C35H46F2N2O4/c1-24-4-3-12-34(2)30(11-13-35(34,43)23-39-16-14-38(15-17-39)18-19-40)28-9-6-25(20-27(41)8-5-24)21-29(28)33(42)26-7-10-31(36)32(37)22-26/h4,6-7,9-10,21-22,27,30,40-41,43H,3,5,8,11-20,23H2,1-2H3. The van der Waals surface area contributed by atoms with Crippen molar-refractivity contribution in [3.63, 3.8) is 0 Å². The Labute approximate surface area is 254 Å². The Balaban J connectivity index is 1.54. The van der Waals surface area contributed by atoms with Crippen molar-refractivity contribution >= 4 is 5.78 Å². The van der Waals surface area contributed by atoms with Crippen molar-refractivity contribution in [3.05, 3.63) is 81.9 Å². The molecule has 0 spiro atoms. The molecule has 4 unspecified atom stereocenters. The van der Waals surface area contributed by atoms with E-state index in [9.17, 15) is 28.9 Å². The van der Waals surface area contributed by atoms with Crippen molar-refractivity contribution in [1.82, 2.24) is 9.80 Å². The summed E-state index contributed by atoms with van der Waals surface area (Å²) < 4.78 is 28.0. The Morgan fingerprint density at radius 1 is 1.00 bits per heavy atom. The summed E-state index contributed by atoms with van der Waals surface area (Å²) in [5, 5.41) is 32.6. The molecule has 4 atom stereocenters. The van der Waals surface area contributed by atoms with Gasteiger partial charge in [0.1, 0.15) is 0 Å². The summed E-state index contributed by atoms with van der Waals surface area (Å²) in [6.07, 6.45) is 6.19. The summed E-state index contributed by atoms with van der Waals surface area (Å²) in [7, 11) is 0. The summed E-state index contributed by atoms with van der Waals surface area (Å²) in [4.78, 5) is 18.5. The van der Waals surface area contributed by atoms with Crippen LogP contribution in [0.1, 0.15) is 85.3 Å². The second-order valence-electron chi connectivity index (χ2n) is 13.2. The molecule has 0 radical (unpaired) electrons. The van der Waals surface area contributed by atoms with E-state index < -0.39 is 28.8 Å². The Morgan fingerprint density at radius 2 is 1.74 bits per heavy atom. The predicted octanol–water partition coefficient (Wildman–Crippen LogP) is 4.84. The van der Waals surface area contributed by atoms with E-state index in [2.05, 4.69) is 29.7 Å². The molecule has 0 aromatic heterocycles. The van der Waals surface area contributed by atoms with Gasteiger partial charge in [0, 0.05) is 55.8 Å². The highest BCUT2D eigenvalue weighted by Crippen LogP contribution is 2.58. The third-order valence-electron chi connectivity index (χ3n) is 10.5. The first-order valence-corrected chi connectivity index (χ1v) is 15.8. The fourth-order valence-corrected chi connectivity index (χ4v) is 7.67. The lowest BCUT2D eigenvalue weighted by atomic mass is 9.64. The monoisotopic (exact) mass is 596 g/mol. The number of hydrogen-bond donors (Lipinski definition) is 3. The molecule has 2 aromatic carbocycles. The molecule has 2 fully saturated rings. The molecule has 6 rings (SSSR count). The van der Waals surface area contributed by atoms with E-state index in [1.807, 2.05) is 18.2 Å². The summed E-state index contributed by atoms with van der Waals surface area (Å²) >= 11 is 0. The minimum Gasteiger partial charge on any atom is -0.395 e. The first-order valence-electron chi connectivity index (χ1n) is 15.8. The van der Waals surface area contributed by atoms with Gasteiger partial charge in [-0.1, -0.05) is 30.7 Å². The molecule has 2 bridgehead atoms. The average Bonchev–Trinajstić information content (AvgIpc) is 3.23. The van der Waals surface area contributed by atoms with Gasteiger partial charge in [-0.3, -0.25) is 14.6 Å². The van der Waals surface area contributed by atoms with Gasteiger partial charge in [0.15, 0.2) is 17.4 Å². The van der Waals surface area contributed by atoms with E-state index in [0.717, 1.165) is 68.7 Å². The van der Waals surface area contributed by atoms with E-state index >= 15 is 0 Å². The lowest BCUT2D eigenvalue weighted by Crippen LogP contribution is -2.56. The Hall–Kier alpha value is -2.49. The number of benzene rings is 2. The fraction of sp³-hybridized carbons (Fsp3) is 0.571. The third-order valence-corrected chi connectivity index (χ3v) is 10.5. The van der Waals surface area contributed by atoms with Crippen molar-refractivity contribution in [2.24, 2.45) is 5.41 Å². The molecule has 1 heterocycles. The number of hydrogen-bond acceptors (Lipinski definition) is 6. The molecule has 0 amide bonds. The molecule has 3 aliphatic carbocycles. The summed E-state index contributed by atoms with van der Waals surface area (Å²) in [5.74, 6) is -2.58. The molecule has 4 aliphatic rings. The van der Waals surface area contributed by atoms with Crippen LogP contribution in [0.2, 0.25) is 0 Å².